The van der Waals surface area contributed by atoms with Crippen molar-refractivity contribution < 1.29 is 61.5 Å². The largest absolute Gasteiger partial charge is 0.459 e. The second-order valence-electron chi connectivity index (χ2n) is 11.0. The van der Waals surface area contributed by atoms with Gasteiger partial charge in [0.05, 0.1) is 0 Å². The summed E-state index contributed by atoms with van der Waals surface area (Å²) in [6.45, 7) is 6.15. The van der Waals surface area contributed by atoms with Gasteiger partial charge in [0, 0.05) is 73.9 Å². The molecule has 0 aromatic carbocycles. The number of nitrogens with zero attached hydrogens (tertiary/aromatic N) is 5. The van der Waals surface area contributed by atoms with Crippen LogP contribution in [0.15, 0.2) is 20.1 Å². The fourth-order valence-electron chi connectivity index (χ4n) is 4.38. The Morgan fingerprint density at radius 1 is 0.612 bits per heavy atom. The molecular weight excluding hydrogens is 817 g/mol. The lowest BCUT2D eigenvalue weighted by Crippen LogP contribution is -2.52. The number of fused-ring (bicyclic) bond motifs is 1. The minimum Gasteiger partial charge on any atom is -0.310 e. The van der Waals surface area contributed by atoms with Crippen molar-refractivity contribution in [1.29, 1.82) is 0 Å². The van der Waals surface area contributed by atoms with Crippen LogP contribution in [0.1, 0.15) is 59.5 Å². The first-order valence-electron chi connectivity index (χ1n) is 13.9. The monoisotopic (exact) mass is 843 g/mol. The van der Waals surface area contributed by atoms with E-state index in [0.29, 0.717) is 10.8 Å². The molecule has 0 radical (unpaired) electrons. The summed E-state index contributed by atoms with van der Waals surface area (Å²) in [5.41, 5.74) is 0. The first-order valence-corrected chi connectivity index (χ1v) is 18.0. The van der Waals surface area contributed by atoms with Crippen molar-refractivity contribution >= 4 is 72.0 Å². The molecule has 0 spiro atoms. The molecule has 0 unspecified atom stereocenters. The SMILES string of the molecule is CCSc1c(SN2Sc3c(n(C(C)C)c(=S)n3CCC(F)(F)C(F)(F)C(F)(F)F)S2)n(CCC(F)(F)C(F)(F)C(F)(F)F)c(=S)n1C(C)C. The molecule has 2 aromatic heterocycles. The maximum atomic E-state index is 14.4. The molecule has 1 aliphatic rings. The summed E-state index contributed by atoms with van der Waals surface area (Å²) in [6, 6.07) is -0.922. The third-order valence-electron chi connectivity index (χ3n) is 6.89. The maximum absolute atomic E-state index is 14.4. The maximum Gasteiger partial charge on any atom is 0.459 e. The summed E-state index contributed by atoms with van der Waals surface area (Å²) in [4.78, 5) is 0. The highest BCUT2D eigenvalue weighted by molar-refractivity contribution is 8.27. The fraction of sp³-hybridized carbons (Fsp3) is 0.750. The van der Waals surface area contributed by atoms with Gasteiger partial charge in [-0.25, -0.2) is 0 Å². The smallest absolute Gasteiger partial charge is 0.310 e. The Hall–Kier alpha value is -0.760. The van der Waals surface area contributed by atoms with Gasteiger partial charge in [-0.2, -0.15) is 61.5 Å². The molecule has 3 heterocycles. The molecule has 49 heavy (non-hydrogen) atoms. The zero-order chi connectivity index (χ0) is 37.9. The number of aromatic nitrogens is 4. The number of thioether (sulfide) groups is 1. The number of rotatable bonds is 14. The Morgan fingerprint density at radius 2 is 1.02 bits per heavy atom. The predicted molar refractivity (Wildman–Crippen MR) is 164 cm³/mol. The third kappa shape index (κ3) is 7.96. The van der Waals surface area contributed by atoms with E-state index in [9.17, 15) is 61.5 Å². The molecule has 0 atom stereocenters. The molecule has 1 aliphatic heterocycles. The van der Waals surface area contributed by atoms with Crippen LogP contribution in [0.4, 0.5) is 61.5 Å². The summed E-state index contributed by atoms with van der Waals surface area (Å²) >= 11 is 14.3. The molecule has 0 saturated heterocycles. The van der Waals surface area contributed by atoms with Crippen LogP contribution in [-0.2, 0) is 13.1 Å². The van der Waals surface area contributed by atoms with Gasteiger partial charge in [-0.1, -0.05) is 6.92 Å². The van der Waals surface area contributed by atoms with E-state index in [-0.39, 0.29) is 24.6 Å². The Kier molecular flexibility index (Phi) is 12.7. The second-order valence-corrected chi connectivity index (χ2v) is 16.5. The van der Waals surface area contributed by atoms with Gasteiger partial charge in [-0.05, 0) is 57.9 Å². The van der Waals surface area contributed by atoms with E-state index in [0.717, 1.165) is 56.7 Å². The summed E-state index contributed by atoms with van der Waals surface area (Å²) in [7, 11) is 0. The Balaban J connectivity index is 2.04. The van der Waals surface area contributed by atoms with Crippen LogP contribution < -0.4 is 0 Å². The van der Waals surface area contributed by atoms with Crippen LogP contribution in [0, 0.1) is 9.54 Å². The van der Waals surface area contributed by atoms with Crippen LogP contribution in [-0.4, -0.2) is 63.2 Å². The highest BCUT2D eigenvalue weighted by atomic mass is 32.3. The van der Waals surface area contributed by atoms with Gasteiger partial charge in [0.1, 0.15) is 20.1 Å². The van der Waals surface area contributed by atoms with Crippen molar-refractivity contribution in [3.05, 3.63) is 9.54 Å². The van der Waals surface area contributed by atoms with Crippen molar-refractivity contribution in [3.63, 3.8) is 0 Å². The quantitative estimate of drug-likeness (QED) is 0.0808. The molecule has 2 aromatic rings. The Labute approximate surface area is 297 Å². The molecular formula is C24H27F14N5S6. The lowest BCUT2D eigenvalue weighted by Gasteiger charge is -2.28. The van der Waals surface area contributed by atoms with Crippen molar-refractivity contribution in [3.8, 4) is 0 Å². The summed E-state index contributed by atoms with van der Waals surface area (Å²) in [5.74, 6) is -23.4. The zero-order valence-corrected chi connectivity index (χ0v) is 30.6. The average Bonchev–Trinajstić information content (AvgIpc) is 3.52. The van der Waals surface area contributed by atoms with Gasteiger partial charge < -0.3 is 18.3 Å². The Morgan fingerprint density at radius 3 is 1.43 bits per heavy atom. The third-order valence-corrected chi connectivity index (χ3v) is 12.5. The predicted octanol–water partition coefficient (Wildman–Crippen LogP) is 12.1. The molecule has 282 valence electrons. The lowest BCUT2D eigenvalue weighted by atomic mass is 10.1. The highest BCUT2D eigenvalue weighted by Crippen LogP contribution is 2.56. The molecule has 0 aliphatic carbocycles. The van der Waals surface area contributed by atoms with Crippen molar-refractivity contribution in [2.75, 3.05) is 5.75 Å². The van der Waals surface area contributed by atoms with Crippen LogP contribution in [0.5, 0.6) is 0 Å². The van der Waals surface area contributed by atoms with Crippen LogP contribution in [0.2, 0.25) is 0 Å². The molecule has 0 N–H and O–H groups in total. The van der Waals surface area contributed by atoms with Gasteiger partial charge in [-0.15, -0.1) is 14.9 Å². The minimum absolute atomic E-state index is 0.0550. The molecule has 0 amide bonds. The minimum atomic E-state index is -6.54. The lowest BCUT2D eigenvalue weighted by molar-refractivity contribution is -0.356. The van der Waals surface area contributed by atoms with E-state index < -0.39 is 74.1 Å². The first-order chi connectivity index (χ1) is 22.1. The van der Waals surface area contributed by atoms with Gasteiger partial charge in [-0.3, -0.25) is 0 Å². The standard InChI is InChI=1S/C24H27F14N5S6/c1-6-46-15-13(39(17(44)41(15)11(2)3)9-7-19(25,26)21(29,30)23(33,34)35)47-43-48-14-16(49-43)42(12(4)5)18(45)40(14)10-8-20(27,28)22(31,32)24(36,37)38/h11-12H,6-10H2,1-5H3. The van der Waals surface area contributed by atoms with E-state index in [1.807, 2.05) is 0 Å². The van der Waals surface area contributed by atoms with Crippen molar-refractivity contribution in [2.45, 2.75) is 129 Å². The second kappa shape index (κ2) is 14.6. The van der Waals surface area contributed by atoms with Crippen LogP contribution in [0.3, 0.4) is 0 Å². The molecule has 0 bridgehead atoms. The number of hydrogen-bond donors (Lipinski definition) is 0. The highest BCUT2D eigenvalue weighted by Gasteiger charge is 2.73. The summed E-state index contributed by atoms with van der Waals surface area (Å²) < 4.78 is 194. The number of hydrogen-bond acceptors (Lipinski definition) is 7. The normalized spacial score (nSPS) is 15.7. The Bertz CT molecular complexity index is 1620. The molecule has 0 fully saturated rings. The number of halogens is 14. The van der Waals surface area contributed by atoms with Gasteiger partial charge in [0.25, 0.3) is 0 Å². The average molecular weight is 844 g/mol. The van der Waals surface area contributed by atoms with Crippen LogP contribution in [0.25, 0.3) is 0 Å². The van der Waals surface area contributed by atoms with E-state index in [1.165, 1.54) is 12.3 Å². The van der Waals surface area contributed by atoms with Gasteiger partial charge >= 0.3 is 36.0 Å². The van der Waals surface area contributed by atoms with Crippen molar-refractivity contribution in [2.24, 2.45) is 0 Å². The molecule has 25 heteroatoms. The van der Waals surface area contributed by atoms with E-state index in [1.54, 1.807) is 34.6 Å². The fourth-order valence-corrected chi connectivity index (χ4v) is 10.7. The van der Waals surface area contributed by atoms with E-state index in [2.05, 4.69) is 0 Å². The van der Waals surface area contributed by atoms with E-state index in [4.69, 9.17) is 24.4 Å². The molecule has 0 saturated carbocycles. The van der Waals surface area contributed by atoms with Crippen molar-refractivity contribution in [1.82, 2.24) is 21.4 Å². The zero-order valence-electron chi connectivity index (χ0n) is 25.7. The van der Waals surface area contributed by atoms with E-state index >= 15 is 0 Å². The number of alkyl halides is 14. The van der Waals surface area contributed by atoms with Gasteiger partial charge in [0.15, 0.2) is 9.54 Å². The summed E-state index contributed by atoms with van der Waals surface area (Å²) in [5, 5.41) is 0.725. The van der Waals surface area contributed by atoms with Gasteiger partial charge in [0.2, 0.25) is 0 Å². The molecule has 5 nitrogen and oxygen atoms in total. The topological polar surface area (TPSA) is 23.0 Å². The number of imidazole rings is 2. The van der Waals surface area contributed by atoms with Crippen LogP contribution >= 0.6 is 72.0 Å². The summed E-state index contributed by atoms with van der Waals surface area (Å²) in [6.07, 6.45) is -17.0. The molecule has 3 rings (SSSR count). The first kappa shape index (κ1) is 42.7.